The summed E-state index contributed by atoms with van der Waals surface area (Å²) >= 11 is 0. The molecule has 0 atom stereocenters. The molecule has 3 nitrogen and oxygen atoms in total. The van der Waals surface area contributed by atoms with Crippen LogP contribution in [0.15, 0.2) is 0 Å². The van der Waals surface area contributed by atoms with Crippen LogP contribution < -0.4 is 5.73 Å². The third kappa shape index (κ3) is 5.50. The molecular formula is C12H25NO2. The topological polar surface area (TPSA) is 44.5 Å². The Morgan fingerprint density at radius 1 is 1.07 bits per heavy atom. The maximum Gasteiger partial charge on any atom is 0.0646 e. The van der Waals surface area contributed by atoms with E-state index < -0.39 is 0 Å². The van der Waals surface area contributed by atoms with Crippen LogP contribution >= 0.6 is 0 Å². The number of methoxy groups -OCH3 is 1. The SMILES string of the molecule is COCCCOCC1(N)CCCCCC1. The average Bonchev–Trinajstić information content (AvgIpc) is 2.43. The lowest BCUT2D eigenvalue weighted by atomic mass is 9.93. The summed E-state index contributed by atoms with van der Waals surface area (Å²) in [6.45, 7) is 2.26. The third-order valence-electron chi connectivity index (χ3n) is 3.13. The zero-order valence-electron chi connectivity index (χ0n) is 9.96. The molecule has 0 heterocycles. The van der Waals surface area contributed by atoms with Gasteiger partial charge in [0.25, 0.3) is 0 Å². The Balaban J connectivity index is 2.11. The molecule has 0 aromatic rings. The fraction of sp³-hybridized carbons (Fsp3) is 1.00. The number of nitrogens with two attached hydrogens (primary N) is 1. The van der Waals surface area contributed by atoms with Gasteiger partial charge in [0, 0.05) is 25.9 Å². The van der Waals surface area contributed by atoms with Crippen molar-refractivity contribution in [1.82, 2.24) is 0 Å². The van der Waals surface area contributed by atoms with Crippen LogP contribution in [0.2, 0.25) is 0 Å². The van der Waals surface area contributed by atoms with E-state index >= 15 is 0 Å². The minimum Gasteiger partial charge on any atom is -0.385 e. The van der Waals surface area contributed by atoms with Crippen molar-refractivity contribution in [3.8, 4) is 0 Å². The van der Waals surface area contributed by atoms with Gasteiger partial charge in [0.1, 0.15) is 0 Å². The summed E-state index contributed by atoms with van der Waals surface area (Å²) in [5.41, 5.74) is 6.27. The Bertz CT molecular complexity index is 154. The first-order valence-corrected chi connectivity index (χ1v) is 6.12. The highest BCUT2D eigenvalue weighted by atomic mass is 16.5. The van der Waals surface area contributed by atoms with Crippen LogP contribution in [0.1, 0.15) is 44.9 Å². The maximum atomic E-state index is 6.32. The zero-order valence-corrected chi connectivity index (χ0v) is 9.96. The second-order valence-corrected chi connectivity index (χ2v) is 4.68. The van der Waals surface area contributed by atoms with Crippen molar-refractivity contribution in [1.29, 1.82) is 0 Å². The van der Waals surface area contributed by atoms with Gasteiger partial charge in [-0.1, -0.05) is 25.7 Å². The lowest BCUT2D eigenvalue weighted by Gasteiger charge is -2.27. The molecule has 1 aliphatic rings. The summed E-state index contributed by atoms with van der Waals surface area (Å²) in [5, 5.41) is 0. The first-order valence-electron chi connectivity index (χ1n) is 6.12. The van der Waals surface area contributed by atoms with Crippen LogP contribution in [0, 0.1) is 0 Å². The molecule has 1 aliphatic carbocycles. The fourth-order valence-electron chi connectivity index (χ4n) is 2.16. The van der Waals surface area contributed by atoms with Gasteiger partial charge in [0.05, 0.1) is 6.61 Å². The molecule has 90 valence electrons. The van der Waals surface area contributed by atoms with Crippen LogP contribution in [0.5, 0.6) is 0 Å². The highest BCUT2D eigenvalue weighted by Gasteiger charge is 2.26. The quantitative estimate of drug-likeness (QED) is 0.545. The van der Waals surface area contributed by atoms with E-state index in [1.54, 1.807) is 7.11 Å². The molecule has 0 aliphatic heterocycles. The van der Waals surface area contributed by atoms with E-state index in [2.05, 4.69) is 0 Å². The second-order valence-electron chi connectivity index (χ2n) is 4.68. The van der Waals surface area contributed by atoms with Gasteiger partial charge in [-0.25, -0.2) is 0 Å². The van der Waals surface area contributed by atoms with Crippen molar-refractivity contribution in [2.45, 2.75) is 50.5 Å². The Morgan fingerprint density at radius 3 is 2.33 bits per heavy atom. The van der Waals surface area contributed by atoms with Crippen molar-refractivity contribution >= 4 is 0 Å². The summed E-state index contributed by atoms with van der Waals surface area (Å²) in [6, 6.07) is 0. The fourth-order valence-corrected chi connectivity index (χ4v) is 2.16. The van der Waals surface area contributed by atoms with Crippen molar-refractivity contribution in [2.24, 2.45) is 5.73 Å². The predicted octanol–water partition coefficient (Wildman–Crippen LogP) is 2.09. The van der Waals surface area contributed by atoms with E-state index in [1.807, 2.05) is 0 Å². The molecule has 0 saturated heterocycles. The Morgan fingerprint density at radius 2 is 1.73 bits per heavy atom. The molecule has 1 fully saturated rings. The smallest absolute Gasteiger partial charge is 0.0646 e. The largest absolute Gasteiger partial charge is 0.385 e. The van der Waals surface area contributed by atoms with Gasteiger partial charge in [0.15, 0.2) is 0 Å². The minimum atomic E-state index is -0.0520. The number of hydrogen-bond donors (Lipinski definition) is 1. The number of hydrogen-bond acceptors (Lipinski definition) is 3. The summed E-state index contributed by atoms with van der Waals surface area (Å²) in [7, 11) is 1.72. The molecule has 0 aromatic heterocycles. The predicted molar refractivity (Wildman–Crippen MR) is 61.9 cm³/mol. The Hall–Kier alpha value is -0.120. The first kappa shape index (κ1) is 12.9. The molecular weight excluding hydrogens is 190 g/mol. The normalized spacial score (nSPS) is 21.2. The van der Waals surface area contributed by atoms with E-state index in [1.165, 1.54) is 25.7 Å². The number of rotatable bonds is 6. The van der Waals surface area contributed by atoms with Crippen molar-refractivity contribution in [3.05, 3.63) is 0 Å². The summed E-state index contributed by atoms with van der Waals surface area (Å²) < 4.78 is 10.6. The van der Waals surface area contributed by atoms with Gasteiger partial charge in [0.2, 0.25) is 0 Å². The monoisotopic (exact) mass is 215 g/mol. The Kier molecular flexibility index (Phi) is 6.22. The van der Waals surface area contributed by atoms with Gasteiger partial charge in [-0.15, -0.1) is 0 Å². The molecule has 0 bridgehead atoms. The van der Waals surface area contributed by atoms with E-state index in [0.29, 0.717) is 0 Å². The molecule has 2 N–H and O–H groups in total. The van der Waals surface area contributed by atoms with Crippen molar-refractivity contribution < 1.29 is 9.47 Å². The lowest BCUT2D eigenvalue weighted by molar-refractivity contribution is 0.0623. The van der Waals surface area contributed by atoms with E-state index in [-0.39, 0.29) is 5.54 Å². The standard InChI is InChI=1S/C12H25NO2/c1-14-9-6-10-15-11-12(13)7-4-2-3-5-8-12/h2-11,13H2,1H3. The van der Waals surface area contributed by atoms with E-state index in [4.69, 9.17) is 15.2 Å². The molecule has 0 radical (unpaired) electrons. The third-order valence-corrected chi connectivity index (χ3v) is 3.13. The molecule has 0 unspecified atom stereocenters. The van der Waals surface area contributed by atoms with Crippen LogP contribution in [-0.4, -0.2) is 32.5 Å². The Labute approximate surface area is 93.3 Å². The molecule has 0 amide bonds. The molecule has 0 aromatic carbocycles. The average molecular weight is 215 g/mol. The molecule has 15 heavy (non-hydrogen) atoms. The van der Waals surface area contributed by atoms with Gasteiger partial charge in [-0.3, -0.25) is 0 Å². The van der Waals surface area contributed by atoms with Crippen LogP contribution in [0.4, 0.5) is 0 Å². The lowest BCUT2D eigenvalue weighted by Crippen LogP contribution is -2.44. The summed E-state index contributed by atoms with van der Waals surface area (Å²) in [5.74, 6) is 0. The van der Waals surface area contributed by atoms with Crippen molar-refractivity contribution in [2.75, 3.05) is 26.9 Å². The summed E-state index contributed by atoms with van der Waals surface area (Å²) in [6.07, 6.45) is 8.41. The number of ether oxygens (including phenoxy) is 2. The van der Waals surface area contributed by atoms with E-state index in [9.17, 15) is 0 Å². The van der Waals surface area contributed by atoms with E-state index in [0.717, 1.165) is 39.1 Å². The minimum absolute atomic E-state index is 0.0520. The van der Waals surface area contributed by atoms with Gasteiger partial charge in [-0.05, 0) is 19.3 Å². The second kappa shape index (κ2) is 7.20. The molecule has 0 spiro atoms. The van der Waals surface area contributed by atoms with Gasteiger partial charge >= 0.3 is 0 Å². The van der Waals surface area contributed by atoms with Crippen LogP contribution in [0.25, 0.3) is 0 Å². The van der Waals surface area contributed by atoms with Gasteiger partial charge in [-0.2, -0.15) is 0 Å². The van der Waals surface area contributed by atoms with Gasteiger partial charge < -0.3 is 15.2 Å². The highest BCUT2D eigenvalue weighted by Crippen LogP contribution is 2.25. The van der Waals surface area contributed by atoms with Crippen LogP contribution in [0.3, 0.4) is 0 Å². The molecule has 1 rings (SSSR count). The molecule has 3 heteroatoms. The van der Waals surface area contributed by atoms with Crippen LogP contribution in [-0.2, 0) is 9.47 Å². The van der Waals surface area contributed by atoms with Crippen molar-refractivity contribution in [3.63, 3.8) is 0 Å². The maximum absolute atomic E-state index is 6.32. The molecule has 1 saturated carbocycles. The zero-order chi connectivity index (χ0) is 11.0. The highest BCUT2D eigenvalue weighted by molar-refractivity contribution is 4.85. The first-order chi connectivity index (χ1) is 7.27. The summed E-state index contributed by atoms with van der Waals surface area (Å²) in [4.78, 5) is 0.